The van der Waals surface area contributed by atoms with Crippen molar-refractivity contribution in [3.8, 4) is 17.1 Å². The molecule has 8 heteroatoms. The van der Waals surface area contributed by atoms with Crippen LogP contribution in [0.4, 0.5) is 0 Å². The molecule has 1 aromatic heterocycles. The molecule has 0 fully saturated rings. The molecular formula is C20H24IrN3O4-. The van der Waals surface area contributed by atoms with E-state index in [2.05, 4.69) is 25.7 Å². The summed E-state index contributed by atoms with van der Waals surface area (Å²) in [6.45, 7) is 1.95. The molecule has 0 aliphatic carbocycles. The molecule has 3 rings (SSSR count). The van der Waals surface area contributed by atoms with Crippen molar-refractivity contribution in [1.82, 2.24) is 14.8 Å². The Hall–Kier alpha value is -1.93. The number of benzene rings is 2. The van der Waals surface area contributed by atoms with Crippen LogP contribution in [-0.2, 0) is 29.6 Å². The van der Waals surface area contributed by atoms with Gasteiger partial charge in [0.25, 0.3) is 0 Å². The molecule has 0 saturated heterocycles. The third-order valence-corrected chi connectivity index (χ3v) is 3.74. The van der Waals surface area contributed by atoms with Gasteiger partial charge in [0.15, 0.2) is 12.6 Å². The van der Waals surface area contributed by atoms with Crippen LogP contribution in [-0.4, -0.2) is 51.8 Å². The Morgan fingerprint density at radius 2 is 1.57 bits per heavy atom. The molecule has 1 heterocycles. The zero-order valence-corrected chi connectivity index (χ0v) is 18.3. The molecule has 0 saturated carbocycles. The summed E-state index contributed by atoms with van der Waals surface area (Å²) in [4.78, 5) is 0. The number of para-hydroxylation sites is 1. The molecule has 0 bridgehead atoms. The van der Waals surface area contributed by atoms with Gasteiger partial charge in [0.2, 0.25) is 0 Å². The first-order valence-electron chi connectivity index (χ1n) is 8.43. The Balaban J connectivity index is 0.000000339. The van der Waals surface area contributed by atoms with E-state index in [4.69, 9.17) is 10.2 Å². The number of hydrogen-bond donors (Lipinski definition) is 2. The smallest absolute Gasteiger partial charge is 0.158 e. The summed E-state index contributed by atoms with van der Waals surface area (Å²) < 4.78 is 10.9. The maximum absolute atomic E-state index is 8.70. The Kier molecular flexibility index (Phi) is 10.8. The minimum Gasteiger partial charge on any atom is -0.368 e. The van der Waals surface area contributed by atoms with Crippen molar-refractivity contribution in [2.24, 2.45) is 0 Å². The number of aromatic nitrogens is 3. The topological polar surface area (TPSA) is 89.6 Å². The van der Waals surface area contributed by atoms with Crippen LogP contribution < -0.4 is 0 Å². The summed E-state index contributed by atoms with van der Waals surface area (Å²) in [5.74, 6) is 1.69. The summed E-state index contributed by atoms with van der Waals surface area (Å²) in [6.07, 6.45) is -1.81. The van der Waals surface area contributed by atoms with E-state index >= 15 is 0 Å². The van der Waals surface area contributed by atoms with Gasteiger partial charge in [0.05, 0.1) is 5.82 Å². The van der Waals surface area contributed by atoms with Crippen molar-refractivity contribution < 1.29 is 39.8 Å². The van der Waals surface area contributed by atoms with Gasteiger partial charge in [-0.2, -0.15) is 5.10 Å². The number of rotatable bonds is 6. The van der Waals surface area contributed by atoms with Crippen LogP contribution in [0.5, 0.6) is 0 Å². The molecule has 2 atom stereocenters. The summed E-state index contributed by atoms with van der Waals surface area (Å²) in [5.41, 5.74) is 2.01. The van der Waals surface area contributed by atoms with E-state index < -0.39 is 12.6 Å². The van der Waals surface area contributed by atoms with Crippen molar-refractivity contribution >= 4 is 0 Å². The number of hydrogen-bond acceptors (Lipinski definition) is 6. The average Bonchev–Trinajstić information content (AvgIpc) is 3.11. The number of nitrogens with zero attached hydrogens (tertiary/aromatic N) is 3. The van der Waals surface area contributed by atoms with Crippen molar-refractivity contribution in [2.45, 2.75) is 25.9 Å². The summed E-state index contributed by atoms with van der Waals surface area (Å²) >= 11 is 0. The van der Waals surface area contributed by atoms with E-state index in [1.54, 1.807) is 0 Å². The predicted molar refractivity (Wildman–Crippen MR) is 101 cm³/mol. The van der Waals surface area contributed by atoms with Gasteiger partial charge in [-0.15, -0.1) is 41.0 Å². The Morgan fingerprint density at radius 3 is 2.11 bits per heavy atom. The largest absolute Gasteiger partial charge is 0.368 e. The maximum Gasteiger partial charge on any atom is 0.158 e. The second-order valence-electron chi connectivity index (χ2n) is 5.63. The molecule has 1 radical (unpaired) electrons. The first-order valence-corrected chi connectivity index (χ1v) is 8.43. The molecule has 7 nitrogen and oxygen atoms in total. The molecular weight excluding hydrogens is 538 g/mol. The van der Waals surface area contributed by atoms with Crippen LogP contribution in [0.2, 0.25) is 0 Å². The minimum absolute atomic E-state index is 0. The van der Waals surface area contributed by atoms with Crippen molar-refractivity contribution in [2.75, 3.05) is 14.2 Å². The molecule has 0 aliphatic heterocycles. The second kappa shape index (κ2) is 12.5. The third-order valence-electron chi connectivity index (χ3n) is 3.74. The van der Waals surface area contributed by atoms with Gasteiger partial charge in [-0.1, -0.05) is 18.2 Å². The van der Waals surface area contributed by atoms with E-state index in [9.17, 15) is 0 Å². The van der Waals surface area contributed by atoms with Gasteiger partial charge < -0.3 is 24.3 Å². The van der Waals surface area contributed by atoms with E-state index in [-0.39, 0.29) is 26.5 Å². The molecule has 0 amide bonds. The van der Waals surface area contributed by atoms with E-state index in [0.29, 0.717) is 0 Å². The average molecular weight is 563 g/mol. The van der Waals surface area contributed by atoms with Gasteiger partial charge in [-0.3, -0.25) is 0 Å². The molecule has 28 heavy (non-hydrogen) atoms. The number of aliphatic hydroxyl groups excluding tert-OH is 2. The van der Waals surface area contributed by atoms with E-state index in [1.165, 1.54) is 14.2 Å². The number of aryl methyl sites for hydroxylation is 1. The molecule has 0 spiro atoms. The van der Waals surface area contributed by atoms with E-state index in [0.717, 1.165) is 22.9 Å². The Labute approximate surface area is 178 Å². The monoisotopic (exact) mass is 563 g/mol. The predicted octanol–water partition coefficient (Wildman–Crippen LogP) is 2.35. The quantitative estimate of drug-likeness (QED) is 0.354. The van der Waals surface area contributed by atoms with Crippen molar-refractivity contribution in [3.05, 3.63) is 66.5 Å². The van der Waals surface area contributed by atoms with Crippen LogP contribution >= 0.6 is 0 Å². The van der Waals surface area contributed by atoms with Crippen LogP contribution in [0.15, 0.2) is 54.6 Å². The first-order chi connectivity index (χ1) is 13.1. The van der Waals surface area contributed by atoms with Gasteiger partial charge in [0.1, 0.15) is 5.82 Å². The zero-order valence-electron chi connectivity index (χ0n) is 15.9. The Bertz CT molecular complexity index is 792. The Morgan fingerprint density at radius 1 is 0.964 bits per heavy atom. The zero-order chi connectivity index (χ0) is 19.6. The molecule has 2 unspecified atom stereocenters. The molecule has 2 N–H and O–H groups in total. The second-order valence-corrected chi connectivity index (χ2v) is 5.63. The van der Waals surface area contributed by atoms with Gasteiger partial charge in [0, 0.05) is 46.4 Å². The third kappa shape index (κ3) is 6.91. The number of ether oxygens (including phenoxy) is 2. The van der Waals surface area contributed by atoms with E-state index in [1.807, 2.05) is 66.1 Å². The fraction of sp³-hybridized carbons (Fsp3) is 0.300. The van der Waals surface area contributed by atoms with Crippen LogP contribution in [0.3, 0.4) is 0 Å². The fourth-order valence-corrected chi connectivity index (χ4v) is 2.32. The fourth-order valence-electron chi connectivity index (χ4n) is 2.32. The molecule has 0 aliphatic rings. The van der Waals surface area contributed by atoms with Crippen LogP contribution in [0, 0.1) is 13.0 Å². The molecule has 153 valence electrons. The molecule has 2 aromatic carbocycles. The van der Waals surface area contributed by atoms with Crippen LogP contribution in [0.25, 0.3) is 17.1 Å². The minimum atomic E-state index is -0.944. The maximum atomic E-state index is 8.70. The van der Waals surface area contributed by atoms with Crippen molar-refractivity contribution in [1.29, 1.82) is 0 Å². The standard InChI is InChI=1S/C15H12N3.C5H12O4.Ir/c1-12-16-17-15(13-8-4-2-5-9-13)18(12)14-10-6-3-7-11-14;1-8-4(6)3-5(7)9-2;/h2-8,10-11H,1H3;4-7H,3H2,1-2H3;/q-1;;. The SMILES string of the molecule is COC(O)CC(O)OC.Cc1nnc(-c2[c-]cccc2)n1-c1ccccc1.[Ir]. The summed E-state index contributed by atoms with van der Waals surface area (Å²) in [7, 11) is 2.71. The summed E-state index contributed by atoms with van der Waals surface area (Å²) in [5, 5.41) is 25.8. The normalized spacial score (nSPS) is 12.3. The molecule has 3 aromatic rings. The van der Waals surface area contributed by atoms with Gasteiger partial charge in [-0.05, 0) is 19.1 Å². The number of aliphatic hydroxyl groups is 2. The van der Waals surface area contributed by atoms with Crippen LogP contribution in [0.1, 0.15) is 12.2 Å². The van der Waals surface area contributed by atoms with Gasteiger partial charge >= 0.3 is 0 Å². The van der Waals surface area contributed by atoms with Crippen molar-refractivity contribution in [3.63, 3.8) is 0 Å². The summed E-state index contributed by atoms with van der Waals surface area (Å²) in [6, 6.07) is 21.1. The first kappa shape index (κ1) is 24.1. The van der Waals surface area contributed by atoms with Gasteiger partial charge in [-0.25, -0.2) is 0 Å². The number of methoxy groups -OCH3 is 2.